The molecule has 0 radical (unpaired) electrons. The first-order chi connectivity index (χ1) is 19.9. The van der Waals surface area contributed by atoms with Crippen molar-refractivity contribution in [3.63, 3.8) is 0 Å². The number of rotatable bonds is 12. The molecule has 13 heteroatoms. The Morgan fingerprint density at radius 1 is 1.07 bits per heavy atom. The summed E-state index contributed by atoms with van der Waals surface area (Å²) in [7, 11) is 1.54. The maximum Gasteiger partial charge on any atom is 0.411 e. The van der Waals surface area contributed by atoms with Crippen LogP contribution in [0.15, 0.2) is 65.7 Å². The van der Waals surface area contributed by atoms with Gasteiger partial charge in [-0.1, -0.05) is 49.4 Å². The molecule has 0 aliphatic carbocycles. The molecule has 4 rings (SSSR count). The molecule has 0 aromatic heterocycles. The second kappa shape index (κ2) is 13.7. The number of thioether (sulfide) groups is 1. The first-order valence-electron chi connectivity index (χ1n) is 12.7. The fourth-order valence-electron chi connectivity index (χ4n) is 4.24. The van der Waals surface area contributed by atoms with Gasteiger partial charge in [-0.3, -0.25) is 19.7 Å². The molecule has 41 heavy (non-hydrogen) atoms. The van der Waals surface area contributed by atoms with Gasteiger partial charge in [-0.25, -0.2) is 9.59 Å². The summed E-state index contributed by atoms with van der Waals surface area (Å²) in [6.07, 6.45) is -1.45. The number of fused-ring (bicyclic) bond motifs is 1. The summed E-state index contributed by atoms with van der Waals surface area (Å²) in [5.74, 6) is -1.41. The Morgan fingerprint density at radius 2 is 1.80 bits per heavy atom. The van der Waals surface area contributed by atoms with E-state index in [1.165, 1.54) is 17.4 Å². The first-order valence-corrected chi connectivity index (χ1v) is 13.7. The smallest absolute Gasteiger partial charge is 0.411 e. The van der Waals surface area contributed by atoms with Gasteiger partial charge in [0.25, 0.3) is 12.4 Å². The van der Waals surface area contributed by atoms with Crippen molar-refractivity contribution in [2.24, 2.45) is 0 Å². The lowest BCUT2D eigenvalue weighted by Gasteiger charge is -2.51. The van der Waals surface area contributed by atoms with Gasteiger partial charge in [0, 0.05) is 5.56 Å². The minimum atomic E-state index is -1.29. The molecule has 3 unspecified atom stereocenters. The molecular formula is C28H29N3O9S. The van der Waals surface area contributed by atoms with Crippen LogP contribution in [0.1, 0.15) is 30.6 Å². The fourth-order valence-corrected chi connectivity index (χ4v) is 5.41. The number of hydrogen-bond acceptors (Lipinski definition) is 10. The minimum Gasteiger partial charge on any atom is -0.497 e. The summed E-state index contributed by atoms with van der Waals surface area (Å²) in [4.78, 5) is 64.2. The van der Waals surface area contributed by atoms with E-state index in [4.69, 9.17) is 18.9 Å². The molecule has 216 valence electrons. The topological polar surface area (TPSA) is 150 Å². The van der Waals surface area contributed by atoms with Crippen LogP contribution in [0, 0.1) is 0 Å². The molecule has 3 amide bonds. The fraction of sp³-hybridized carbons (Fsp3) is 0.321. The van der Waals surface area contributed by atoms with Crippen LogP contribution in [0.4, 0.5) is 4.79 Å². The van der Waals surface area contributed by atoms with Crippen LogP contribution in [0.2, 0.25) is 0 Å². The van der Waals surface area contributed by atoms with Crippen LogP contribution in [0.25, 0.3) is 0 Å². The average molecular weight is 584 g/mol. The van der Waals surface area contributed by atoms with Crippen LogP contribution in [-0.2, 0) is 40.0 Å². The molecular weight excluding hydrogens is 554 g/mol. The zero-order valence-corrected chi connectivity index (χ0v) is 23.1. The van der Waals surface area contributed by atoms with Crippen molar-refractivity contribution in [2.45, 2.75) is 43.5 Å². The van der Waals surface area contributed by atoms with Gasteiger partial charge >= 0.3 is 12.1 Å². The summed E-state index contributed by atoms with van der Waals surface area (Å²) >= 11 is 1.13. The number of carbonyl (C=O) groups excluding carboxylic acids is 5. The second-order valence-electron chi connectivity index (χ2n) is 8.97. The highest BCUT2D eigenvalue weighted by Crippen LogP contribution is 2.40. The van der Waals surface area contributed by atoms with Crippen molar-refractivity contribution in [3.05, 3.63) is 76.8 Å². The van der Waals surface area contributed by atoms with Gasteiger partial charge in [0.2, 0.25) is 12.0 Å². The molecule has 1 saturated heterocycles. The monoisotopic (exact) mass is 583 g/mol. The number of nitrogens with zero attached hydrogens (tertiary/aromatic N) is 1. The molecule has 0 spiro atoms. The maximum absolute atomic E-state index is 13.3. The summed E-state index contributed by atoms with van der Waals surface area (Å²) in [6.45, 7) is 2.08. The Bertz CT molecular complexity index is 1300. The van der Waals surface area contributed by atoms with Gasteiger partial charge in [0.15, 0.2) is 6.04 Å². The van der Waals surface area contributed by atoms with Crippen molar-refractivity contribution >= 4 is 42.1 Å². The van der Waals surface area contributed by atoms with E-state index in [1.54, 1.807) is 54.6 Å². The minimum absolute atomic E-state index is 0.0886. The lowest BCUT2D eigenvalue weighted by Crippen LogP contribution is -2.74. The number of amides is 3. The number of esters is 1. The highest BCUT2D eigenvalue weighted by molar-refractivity contribution is 8.02. The number of hydrogen-bond donors (Lipinski definition) is 2. The molecule has 1 fully saturated rings. The van der Waals surface area contributed by atoms with E-state index in [1.807, 2.05) is 6.92 Å². The highest BCUT2D eigenvalue weighted by Gasteiger charge is 2.57. The first kappa shape index (κ1) is 29.5. The number of β-lactam (4-membered cyclic amide) rings is 1. The van der Waals surface area contributed by atoms with Crippen molar-refractivity contribution < 1.29 is 42.9 Å². The molecule has 0 saturated carbocycles. The van der Waals surface area contributed by atoms with Crippen molar-refractivity contribution in [1.29, 1.82) is 0 Å². The van der Waals surface area contributed by atoms with Crippen LogP contribution in [0.3, 0.4) is 0 Å². The normalized spacial score (nSPS) is 19.9. The number of ether oxygens (including phenoxy) is 4. The Hall–Kier alpha value is -4.52. The van der Waals surface area contributed by atoms with Crippen molar-refractivity contribution in [2.75, 3.05) is 13.7 Å². The third kappa shape index (κ3) is 6.80. The molecule has 2 aromatic rings. The van der Waals surface area contributed by atoms with E-state index in [2.05, 4.69) is 10.6 Å². The summed E-state index contributed by atoms with van der Waals surface area (Å²) < 4.78 is 20.7. The quantitative estimate of drug-likeness (QED) is 0.165. The Morgan fingerprint density at radius 3 is 2.46 bits per heavy atom. The van der Waals surface area contributed by atoms with E-state index in [9.17, 15) is 24.0 Å². The van der Waals surface area contributed by atoms with Crippen molar-refractivity contribution in [3.8, 4) is 5.75 Å². The van der Waals surface area contributed by atoms with Crippen LogP contribution >= 0.6 is 11.8 Å². The third-order valence-electron chi connectivity index (χ3n) is 6.26. The average Bonchev–Trinajstić information content (AvgIpc) is 3.00. The lowest BCUT2D eigenvalue weighted by molar-refractivity contribution is -0.165. The van der Waals surface area contributed by atoms with E-state index < -0.39 is 47.4 Å². The van der Waals surface area contributed by atoms with E-state index in [0.717, 1.165) is 11.8 Å². The van der Waals surface area contributed by atoms with E-state index in [0.29, 0.717) is 23.3 Å². The predicted octanol–water partition coefficient (Wildman–Crippen LogP) is 2.40. The SMILES string of the molecule is CCCOC(=O)NC1=CS[C@H]2C(NC(=O)C(OC=O)c3ccccc3)C(=O)N2C1C(=O)OCc1ccc(OC)cc1. The molecule has 4 atom stereocenters. The third-order valence-corrected chi connectivity index (χ3v) is 7.43. The Kier molecular flexibility index (Phi) is 9.85. The Balaban J connectivity index is 1.50. The van der Waals surface area contributed by atoms with Crippen LogP contribution in [-0.4, -0.2) is 66.4 Å². The number of alkyl carbamates (subject to hydrolysis) is 1. The molecule has 2 N–H and O–H groups in total. The van der Waals surface area contributed by atoms with Gasteiger partial charge in [0.05, 0.1) is 19.4 Å². The van der Waals surface area contributed by atoms with E-state index >= 15 is 0 Å². The Labute approximate surface area is 240 Å². The van der Waals surface area contributed by atoms with Crippen LogP contribution < -0.4 is 15.4 Å². The molecule has 0 bridgehead atoms. The van der Waals surface area contributed by atoms with Gasteiger partial charge in [0.1, 0.15) is 23.8 Å². The van der Waals surface area contributed by atoms with Gasteiger partial charge in [-0.05, 0) is 29.5 Å². The molecule has 2 aliphatic heterocycles. The summed E-state index contributed by atoms with van der Waals surface area (Å²) in [6, 6.07) is 12.9. The van der Waals surface area contributed by atoms with E-state index in [-0.39, 0.29) is 25.4 Å². The number of nitrogens with one attached hydrogen (secondary N) is 2. The zero-order chi connectivity index (χ0) is 29.4. The van der Waals surface area contributed by atoms with Gasteiger partial charge in [-0.15, -0.1) is 11.8 Å². The second-order valence-corrected chi connectivity index (χ2v) is 9.96. The zero-order valence-electron chi connectivity index (χ0n) is 22.3. The summed E-state index contributed by atoms with van der Waals surface area (Å²) in [5.41, 5.74) is 1.22. The number of benzene rings is 2. The molecule has 12 nitrogen and oxygen atoms in total. The lowest BCUT2D eigenvalue weighted by atomic mass is 10.00. The molecule has 2 aliphatic rings. The predicted molar refractivity (Wildman–Crippen MR) is 146 cm³/mol. The van der Waals surface area contributed by atoms with Crippen LogP contribution in [0.5, 0.6) is 5.75 Å². The largest absolute Gasteiger partial charge is 0.497 e. The number of methoxy groups -OCH3 is 1. The summed E-state index contributed by atoms with van der Waals surface area (Å²) in [5, 5.41) is 6.00. The maximum atomic E-state index is 13.3. The van der Waals surface area contributed by atoms with Gasteiger partial charge < -0.3 is 29.2 Å². The van der Waals surface area contributed by atoms with Crippen molar-refractivity contribution in [1.82, 2.24) is 15.5 Å². The standard InChI is InChI=1S/C28H29N3O9S/c1-3-13-38-28(36)29-20-15-41-26-21(30-24(33)23(40-16-32)18-7-5-4-6-8-18)25(34)31(26)22(20)27(35)39-14-17-9-11-19(37-2)12-10-17/h4-12,15-16,21-23,26H,3,13-14H2,1-2H3,(H,29,36)(H,30,33)/t21?,22?,23?,26-/m0/s1. The van der Waals surface area contributed by atoms with Gasteiger partial charge in [-0.2, -0.15) is 0 Å². The molecule has 2 aromatic carbocycles. The highest BCUT2D eigenvalue weighted by atomic mass is 32.2. The number of carbonyl (C=O) groups is 5. The molecule has 2 heterocycles.